The fraction of sp³-hybridized carbons (Fsp3) is 0.0556. The van der Waals surface area contributed by atoms with Crippen LogP contribution < -0.4 is 10.1 Å². The maximum atomic E-state index is 12.1. The summed E-state index contributed by atoms with van der Waals surface area (Å²) in [6.45, 7) is -0.403. The minimum atomic E-state index is -0.612. The average molecular weight is 433 g/mol. The first-order valence-electron chi connectivity index (χ1n) is 7.51. The highest BCUT2D eigenvalue weighted by Crippen LogP contribution is 2.23. The third kappa shape index (κ3) is 5.14. The van der Waals surface area contributed by atoms with Crippen molar-refractivity contribution < 1.29 is 19.1 Å². The lowest BCUT2D eigenvalue weighted by Crippen LogP contribution is -2.20. The number of amides is 1. The highest BCUT2D eigenvalue weighted by Gasteiger charge is 2.12. The van der Waals surface area contributed by atoms with Crippen LogP contribution in [0.15, 0.2) is 64.6 Å². The van der Waals surface area contributed by atoms with E-state index >= 15 is 0 Å². The second-order valence-corrected chi connectivity index (χ2v) is 7.45. The molecule has 0 aliphatic heterocycles. The molecule has 132 valence electrons. The summed E-state index contributed by atoms with van der Waals surface area (Å²) in [5.74, 6) is 0.0885. The molecule has 1 heterocycles. The van der Waals surface area contributed by atoms with Crippen molar-refractivity contribution in [1.29, 1.82) is 0 Å². The number of carbonyl (C=O) groups excluding carboxylic acids is 2. The number of esters is 1. The largest absolute Gasteiger partial charge is 0.457 e. The summed E-state index contributed by atoms with van der Waals surface area (Å²) in [4.78, 5) is 27.9. The molecule has 0 aliphatic rings. The Bertz CT molecular complexity index is 914. The van der Waals surface area contributed by atoms with Crippen LogP contribution in [-0.4, -0.2) is 23.5 Å². The third-order valence-electron chi connectivity index (χ3n) is 3.11. The number of thiazole rings is 1. The number of hydrogen-bond donors (Lipinski definition) is 1. The van der Waals surface area contributed by atoms with Crippen LogP contribution in [0.25, 0.3) is 0 Å². The van der Waals surface area contributed by atoms with Gasteiger partial charge < -0.3 is 9.47 Å². The molecule has 6 nitrogen and oxygen atoms in total. The summed E-state index contributed by atoms with van der Waals surface area (Å²) in [5.41, 5.74) is 0.295. The molecule has 0 saturated carbocycles. The Morgan fingerprint density at radius 3 is 2.58 bits per heavy atom. The number of para-hydroxylation sites is 1. The fourth-order valence-corrected chi connectivity index (χ4v) is 3.12. The van der Waals surface area contributed by atoms with Gasteiger partial charge in [-0.15, -0.1) is 0 Å². The lowest BCUT2D eigenvalue weighted by Gasteiger charge is -2.08. The summed E-state index contributed by atoms with van der Waals surface area (Å²) >= 11 is 4.52. The molecule has 8 heteroatoms. The summed E-state index contributed by atoms with van der Waals surface area (Å²) in [6, 6.07) is 15.8. The van der Waals surface area contributed by atoms with E-state index in [1.54, 1.807) is 30.5 Å². The van der Waals surface area contributed by atoms with E-state index in [1.807, 2.05) is 30.3 Å². The minimum absolute atomic E-state index is 0.295. The molecule has 1 amide bonds. The molecular formula is C18H13BrN2O4S. The first kappa shape index (κ1) is 18.1. The lowest BCUT2D eigenvalue weighted by molar-refractivity contribution is -0.119. The second kappa shape index (κ2) is 8.59. The predicted molar refractivity (Wildman–Crippen MR) is 102 cm³/mol. The molecule has 1 N–H and O–H groups in total. The van der Waals surface area contributed by atoms with Crippen LogP contribution in [0, 0.1) is 0 Å². The molecule has 0 unspecified atom stereocenters. The zero-order chi connectivity index (χ0) is 18.4. The van der Waals surface area contributed by atoms with Crippen LogP contribution in [0.4, 0.5) is 5.13 Å². The summed E-state index contributed by atoms with van der Waals surface area (Å²) in [5, 5.41) is 2.98. The monoisotopic (exact) mass is 432 g/mol. The van der Waals surface area contributed by atoms with Gasteiger partial charge >= 0.3 is 5.97 Å². The van der Waals surface area contributed by atoms with E-state index in [0.29, 0.717) is 22.2 Å². The number of nitrogens with zero attached hydrogens (tertiary/aromatic N) is 1. The number of aromatic nitrogens is 1. The number of carbonyl (C=O) groups is 2. The van der Waals surface area contributed by atoms with E-state index in [-0.39, 0.29) is 0 Å². The molecule has 0 fully saturated rings. The summed E-state index contributed by atoms with van der Waals surface area (Å²) in [7, 11) is 0. The lowest BCUT2D eigenvalue weighted by atomic mass is 10.2. The van der Waals surface area contributed by atoms with Crippen molar-refractivity contribution in [2.45, 2.75) is 0 Å². The fourth-order valence-electron chi connectivity index (χ4n) is 1.99. The van der Waals surface area contributed by atoms with Gasteiger partial charge in [0.15, 0.2) is 11.7 Å². The van der Waals surface area contributed by atoms with Gasteiger partial charge in [-0.25, -0.2) is 9.78 Å². The van der Waals surface area contributed by atoms with Gasteiger partial charge in [0.2, 0.25) is 0 Å². The Morgan fingerprint density at radius 1 is 1.08 bits per heavy atom. The highest BCUT2D eigenvalue weighted by molar-refractivity contribution is 9.11. The van der Waals surface area contributed by atoms with E-state index < -0.39 is 18.5 Å². The van der Waals surface area contributed by atoms with Crippen molar-refractivity contribution in [1.82, 2.24) is 4.98 Å². The molecular weight excluding hydrogens is 420 g/mol. The van der Waals surface area contributed by atoms with Gasteiger partial charge in [0.1, 0.15) is 11.5 Å². The molecule has 0 aliphatic carbocycles. The Morgan fingerprint density at radius 2 is 1.85 bits per heavy atom. The van der Waals surface area contributed by atoms with Crippen LogP contribution in [0.1, 0.15) is 10.4 Å². The van der Waals surface area contributed by atoms with Crippen LogP contribution in [-0.2, 0) is 9.53 Å². The van der Waals surface area contributed by atoms with Gasteiger partial charge in [0, 0.05) is 0 Å². The molecule has 0 saturated heterocycles. The quantitative estimate of drug-likeness (QED) is 0.580. The van der Waals surface area contributed by atoms with E-state index in [2.05, 4.69) is 26.2 Å². The van der Waals surface area contributed by atoms with Gasteiger partial charge in [-0.1, -0.05) is 35.6 Å². The number of halogens is 1. The van der Waals surface area contributed by atoms with Crippen molar-refractivity contribution in [3.8, 4) is 11.5 Å². The molecule has 3 rings (SSSR count). The molecule has 26 heavy (non-hydrogen) atoms. The molecule has 0 bridgehead atoms. The zero-order valence-electron chi connectivity index (χ0n) is 13.3. The van der Waals surface area contributed by atoms with Gasteiger partial charge in [-0.3, -0.25) is 10.1 Å². The number of rotatable bonds is 6. The number of nitrogens with one attached hydrogen (secondary N) is 1. The number of benzene rings is 2. The van der Waals surface area contributed by atoms with E-state index in [9.17, 15) is 9.59 Å². The SMILES string of the molecule is O=C(COC(=O)c1cccc(Oc2ccccc2)c1)Nc1ncc(Br)s1. The maximum absolute atomic E-state index is 12.1. The second-order valence-electron chi connectivity index (χ2n) is 5.04. The van der Waals surface area contributed by atoms with Gasteiger partial charge in [-0.05, 0) is 46.3 Å². The van der Waals surface area contributed by atoms with Crippen LogP contribution in [0.2, 0.25) is 0 Å². The van der Waals surface area contributed by atoms with Crippen LogP contribution >= 0.6 is 27.3 Å². The van der Waals surface area contributed by atoms with Crippen molar-refractivity contribution >= 4 is 44.3 Å². The normalized spacial score (nSPS) is 10.2. The Kier molecular flexibility index (Phi) is 5.98. The Labute approximate surface area is 161 Å². The first-order valence-corrected chi connectivity index (χ1v) is 9.12. The average Bonchev–Trinajstić information content (AvgIpc) is 3.05. The van der Waals surface area contributed by atoms with Crippen molar-refractivity contribution in [2.24, 2.45) is 0 Å². The topological polar surface area (TPSA) is 77.5 Å². The standard InChI is InChI=1S/C18H13BrN2O4S/c19-15-10-20-18(26-15)21-16(22)11-24-17(23)12-5-4-8-14(9-12)25-13-6-2-1-3-7-13/h1-10H,11H2,(H,20,21,22). The van der Waals surface area contributed by atoms with Crippen molar-refractivity contribution in [3.05, 3.63) is 70.1 Å². The zero-order valence-corrected chi connectivity index (χ0v) is 15.7. The van der Waals surface area contributed by atoms with E-state index in [0.717, 1.165) is 3.79 Å². The molecule has 0 spiro atoms. The van der Waals surface area contributed by atoms with Gasteiger partial charge in [0.25, 0.3) is 5.91 Å². The van der Waals surface area contributed by atoms with E-state index in [4.69, 9.17) is 9.47 Å². The third-order valence-corrected chi connectivity index (χ3v) is 4.50. The maximum Gasteiger partial charge on any atom is 0.338 e. The molecule has 1 aromatic heterocycles. The van der Waals surface area contributed by atoms with Crippen LogP contribution in [0.5, 0.6) is 11.5 Å². The van der Waals surface area contributed by atoms with E-state index in [1.165, 1.54) is 11.3 Å². The van der Waals surface area contributed by atoms with Gasteiger partial charge in [0.05, 0.1) is 15.5 Å². The smallest absolute Gasteiger partial charge is 0.338 e. The highest BCUT2D eigenvalue weighted by atomic mass is 79.9. The first-order chi connectivity index (χ1) is 12.6. The Hall–Kier alpha value is -2.71. The van der Waals surface area contributed by atoms with Gasteiger partial charge in [-0.2, -0.15) is 0 Å². The predicted octanol–water partition coefficient (Wildman–Crippen LogP) is 4.49. The number of hydrogen-bond acceptors (Lipinski definition) is 6. The van der Waals surface area contributed by atoms with Crippen molar-refractivity contribution in [3.63, 3.8) is 0 Å². The molecule has 3 aromatic rings. The minimum Gasteiger partial charge on any atom is -0.457 e. The molecule has 0 radical (unpaired) electrons. The molecule has 0 atom stereocenters. The number of ether oxygens (including phenoxy) is 2. The molecule has 2 aromatic carbocycles. The summed E-state index contributed by atoms with van der Waals surface area (Å²) < 4.78 is 11.5. The summed E-state index contributed by atoms with van der Waals surface area (Å²) in [6.07, 6.45) is 1.57. The van der Waals surface area contributed by atoms with Crippen molar-refractivity contribution in [2.75, 3.05) is 11.9 Å². The number of anilines is 1. The Balaban J connectivity index is 1.56. The van der Waals surface area contributed by atoms with Crippen LogP contribution in [0.3, 0.4) is 0 Å².